The normalized spacial score (nSPS) is 10.6. The third kappa shape index (κ3) is 4.24. The molecule has 0 aliphatic rings. The van der Waals surface area contributed by atoms with Crippen molar-refractivity contribution in [1.82, 2.24) is 9.78 Å². The van der Waals surface area contributed by atoms with Crippen LogP contribution in [0.15, 0.2) is 48.7 Å². The number of carbonyl (C=O) groups excluding carboxylic acids is 1. The predicted octanol–water partition coefficient (Wildman–Crippen LogP) is 4.75. The van der Waals surface area contributed by atoms with Crippen LogP contribution >= 0.6 is 11.6 Å². The van der Waals surface area contributed by atoms with Gasteiger partial charge in [-0.15, -0.1) is 0 Å². The van der Waals surface area contributed by atoms with Crippen molar-refractivity contribution in [1.29, 1.82) is 0 Å². The molecule has 5 nitrogen and oxygen atoms in total. The monoisotopic (exact) mass is 369 g/mol. The summed E-state index contributed by atoms with van der Waals surface area (Å²) in [5.41, 5.74) is 4.10. The molecule has 1 aromatic heterocycles. The Labute approximate surface area is 157 Å². The molecule has 0 atom stereocenters. The lowest BCUT2D eigenvalue weighted by Crippen LogP contribution is -2.15. The summed E-state index contributed by atoms with van der Waals surface area (Å²) in [4.78, 5) is 12.4. The molecule has 0 aliphatic carbocycles. The lowest BCUT2D eigenvalue weighted by Gasteiger charge is -2.10. The molecule has 0 fully saturated rings. The number of hydrogen-bond donors (Lipinski definition) is 1. The average molecular weight is 370 g/mol. The molecule has 26 heavy (non-hydrogen) atoms. The standard InChI is InChI=1S/C20H20ClN3O2/c1-13-4-5-15(3)19(10-13)26-12-24-9-8-17(23-24)20(25)22-18-11-16(21)7-6-14(18)2/h4-11H,12H2,1-3H3,(H,22,25). The van der Waals surface area contributed by atoms with Crippen molar-refractivity contribution >= 4 is 23.2 Å². The van der Waals surface area contributed by atoms with Crippen LogP contribution in [-0.2, 0) is 6.73 Å². The van der Waals surface area contributed by atoms with Gasteiger partial charge in [-0.05, 0) is 61.7 Å². The van der Waals surface area contributed by atoms with E-state index < -0.39 is 0 Å². The van der Waals surface area contributed by atoms with Gasteiger partial charge in [0.25, 0.3) is 5.91 Å². The number of benzene rings is 2. The molecule has 1 amide bonds. The molecule has 2 aromatic carbocycles. The van der Waals surface area contributed by atoms with E-state index in [1.54, 1.807) is 29.1 Å². The van der Waals surface area contributed by atoms with Crippen LogP contribution < -0.4 is 10.1 Å². The number of hydrogen-bond acceptors (Lipinski definition) is 3. The van der Waals surface area contributed by atoms with Gasteiger partial charge in [0.05, 0.1) is 0 Å². The fourth-order valence-electron chi connectivity index (χ4n) is 2.47. The number of aryl methyl sites for hydroxylation is 3. The highest BCUT2D eigenvalue weighted by molar-refractivity contribution is 6.31. The van der Waals surface area contributed by atoms with Crippen molar-refractivity contribution in [2.75, 3.05) is 5.32 Å². The fourth-order valence-corrected chi connectivity index (χ4v) is 2.64. The maximum atomic E-state index is 12.4. The summed E-state index contributed by atoms with van der Waals surface area (Å²) < 4.78 is 7.39. The maximum absolute atomic E-state index is 12.4. The van der Waals surface area contributed by atoms with E-state index in [2.05, 4.69) is 10.4 Å². The molecule has 3 rings (SSSR count). The number of ether oxygens (including phenoxy) is 1. The summed E-state index contributed by atoms with van der Waals surface area (Å²) in [6, 6.07) is 13.0. The van der Waals surface area contributed by atoms with Crippen molar-refractivity contribution < 1.29 is 9.53 Å². The topological polar surface area (TPSA) is 56.1 Å². The molecule has 3 aromatic rings. The molecular weight excluding hydrogens is 350 g/mol. The molecule has 0 aliphatic heterocycles. The number of aromatic nitrogens is 2. The van der Waals surface area contributed by atoms with Crippen molar-refractivity contribution in [2.24, 2.45) is 0 Å². The average Bonchev–Trinajstić information content (AvgIpc) is 3.08. The molecule has 6 heteroatoms. The van der Waals surface area contributed by atoms with E-state index in [4.69, 9.17) is 16.3 Å². The van der Waals surface area contributed by atoms with Gasteiger partial charge in [0.1, 0.15) is 5.75 Å². The Hall–Kier alpha value is -2.79. The van der Waals surface area contributed by atoms with Crippen molar-refractivity contribution in [3.05, 3.63) is 76.1 Å². The van der Waals surface area contributed by atoms with E-state index in [-0.39, 0.29) is 12.6 Å². The summed E-state index contributed by atoms with van der Waals surface area (Å²) >= 11 is 5.99. The molecule has 1 N–H and O–H groups in total. The molecular formula is C20H20ClN3O2. The van der Waals surface area contributed by atoms with E-state index >= 15 is 0 Å². The van der Waals surface area contributed by atoms with Gasteiger partial charge in [0.15, 0.2) is 12.4 Å². The van der Waals surface area contributed by atoms with Gasteiger partial charge in [0, 0.05) is 16.9 Å². The zero-order valence-electron chi connectivity index (χ0n) is 14.9. The highest BCUT2D eigenvalue weighted by Gasteiger charge is 2.12. The summed E-state index contributed by atoms with van der Waals surface area (Å²) in [7, 11) is 0. The number of amides is 1. The molecule has 0 saturated heterocycles. The van der Waals surface area contributed by atoms with Gasteiger partial charge in [0.2, 0.25) is 0 Å². The van der Waals surface area contributed by atoms with Gasteiger partial charge < -0.3 is 10.1 Å². The number of nitrogens with one attached hydrogen (secondary N) is 1. The Kier molecular flexibility index (Phi) is 5.28. The second-order valence-electron chi connectivity index (χ2n) is 6.20. The van der Waals surface area contributed by atoms with E-state index in [1.807, 2.05) is 45.0 Å². The highest BCUT2D eigenvalue weighted by atomic mass is 35.5. The Morgan fingerprint density at radius 2 is 1.88 bits per heavy atom. The molecule has 1 heterocycles. The van der Waals surface area contributed by atoms with Crippen LogP contribution in [0.4, 0.5) is 5.69 Å². The van der Waals surface area contributed by atoms with Crippen molar-refractivity contribution in [3.63, 3.8) is 0 Å². The van der Waals surface area contributed by atoms with Gasteiger partial charge in [-0.3, -0.25) is 4.79 Å². The first-order chi connectivity index (χ1) is 12.4. The highest BCUT2D eigenvalue weighted by Crippen LogP contribution is 2.21. The Morgan fingerprint density at radius 3 is 2.69 bits per heavy atom. The lowest BCUT2D eigenvalue weighted by molar-refractivity contribution is 0.102. The number of rotatable bonds is 5. The number of carbonyl (C=O) groups is 1. The minimum atomic E-state index is -0.291. The zero-order chi connectivity index (χ0) is 18.7. The fraction of sp³-hybridized carbons (Fsp3) is 0.200. The minimum Gasteiger partial charge on any atom is -0.471 e. The van der Waals surface area contributed by atoms with E-state index in [0.29, 0.717) is 16.4 Å². The van der Waals surface area contributed by atoms with Crippen LogP contribution in [0.1, 0.15) is 27.2 Å². The molecule has 0 saturated carbocycles. The molecule has 0 bridgehead atoms. The summed E-state index contributed by atoms with van der Waals surface area (Å²) in [5, 5.41) is 7.67. The van der Waals surface area contributed by atoms with Gasteiger partial charge >= 0.3 is 0 Å². The quantitative estimate of drug-likeness (QED) is 0.706. The Bertz CT molecular complexity index is 950. The van der Waals surface area contributed by atoms with Crippen LogP contribution in [0.5, 0.6) is 5.75 Å². The van der Waals surface area contributed by atoms with Crippen LogP contribution in [0, 0.1) is 20.8 Å². The zero-order valence-corrected chi connectivity index (χ0v) is 15.7. The second-order valence-corrected chi connectivity index (χ2v) is 6.63. The van der Waals surface area contributed by atoms with Crippen molar-refractivity contribution in [2.45, 2.75) is 27.5 Å². The summed E-state index contributed by atoms with van der Waals surface area (Å²) in [6.45, 7) is 6.14. The van der Waals surface area contributed by atoms with Gasteiger partial charge in [-0.1, -0.05) is 29.8 Å². The molecule has 0 radical (unpaired) electrons. The van der Waals surface area contributed by atoms with Crippen LogP contribution in [-0.4, -0.2) is 15.7 Å². The van der Waals surface area contributed by atoms with E-state index in [0.717, 1.165) is 22.4 Å². The number of nitrogens with zero attached hydrogens (tertiary/aromatic N) is 2. The van der Waals surface area contributed by atoms with Crippen LogP contribution in [0.3, 0.4) is 0 Å². The first-order valence-corrected chi connectivity index (χ1v) is 8.61. The third-order valence-electron chi connectivity index (χ3n) is 4.02. The van der Waals surface area contributed by atoms with Crippen LogP contribution in [0.25, 0.3) is 0 Å². The van der Waals surface area contributed by atoms with E-state index in [1.165, 1.54) is 0 Å². The van der Waals surface area contributed by atoms with E-state index in [9.17, 15) is 4.79 Å². The number of anilines is 1. The SMILES string of the molecule is Cc1ccc(C)c(OCn2ccc(C(=O)Nc3cc(Cl)ccc3C)n2)c1. The Balaban J connectivity index is 1.66. The molecule has 0 spiro atoms. The summed E-state index contributed by atoms with van der Waals surface area (Å²) in [6.07, 6.45) is 1.71. The Morgan fingerprint density at radius 1 is 1.12 bits per heavy atom. The smallest absolute Gasteiger partial charge is 0.276 e. The third-order valence-corrected chi connectivity index (χ3v) is 4.25. The second kappa shape index (κ2) is 7.62. The number of halogens is 1. The van der Waals surface area contributed by atoms with Gasteiger partial charge in [-0.25, -0.2) is 4.68 Å². The summed E-state index contributed by atoms with van der Waals surface area (Å²) in [5.74, 6) is 0.516. The predicted molar refractivity (Wildman–Crippen MR) is 103 cm³/mol. The first kappa shape index (κ1) is 18.0. The first-order valence-electron chi connectivity index (χ1n) is 8.23. The molecule has 0 unspecified atom stereocenters. The molecule has 134 valence electrons. The lowest BCUT2D eigenvalue weighted by atomic mass is 10.1. The minimum absolute atomic E-state index is 0.230. The van der Waals surface area contributed by atoms with Gasteiger partial charge in [-0.2, -0.15) is 5.10 Å². The maximum Gasteiger partial charge on any atom is 0.276 e. The van der Waals surface area contributed by atoms with Crippen LogP contribution in [0.2, 0.25) is 5.02 Å². The largest absolute Gasteiger partial charge is 0.471 e. The van der Waals surface area contributed by atoms with Crippen molar-refractivity contribution in [3.8, 4) is 5.75 Å².